The highest BCUT2D eigenvalue weighted by Crippen LogP contribution is 2.45. The van der Waals surface area contributed by atoms with Gasteiger partial charge in [0.25, 0.3) is 0 Å². The first-order chi connectivity index (χ1) is 13.7. The summed E-state index contributed by atoms with van der Waals surface area (Å²) in [6.45, 7) is 0. The number of nitriles is 1. The van der Waals surface area contributed by atoms with Crippen LogP contribution in [0.3, 0.4) is 0 Å². The van der Waals surface area contributed by atoms with Gasteiger partial charge in [0, 0.05) is 20.2 Å². The third-order valence-electron chi connectivity index (χ3n) is 4.12. The lowest BCUT2D eigenvalue weighted by molar-refractivity contribution is -0.132. The normalized spacial score (nSPS) is 11.3. The Bertz CT molecular complexity index is 1180. The van der Waals surface area contributed by atoms with E-state index in [9.17, 15) is 4.79 Å². The summed E-state index contributed by atoms with van der Waals surface area (Å²) >= 11 is 5.22. The summed E-state index contributed by atoms with van der Waals surface area (Å²) < 4.78 is 0. The van der Waals surface area contributed by atoms with Gasteiger partial charge in [-0.3, -0.25) is 0 Å². The minimum absolute atomic E-state index is 0.275. The van der Waals surface area contributed by atoms with Crippen molar-refractivity contribution in [1.82, 2.24) is 0 Å². The lowest BCUT2D eigenvalue weighted by Gasteiger charge is -2.03. The summed E-state index contributed by atoms with van der Waals surface area (Å²) in [5.74, 6) is -1.22. The fraction of sp³-hybridized carbons (Fsp3) is 0. The number of rotatable bonds is 5. The van der Waals surface area contributed by atoms with Crippen molar-refractivity contribution in [2.24, 2.45) is 0 Å². The Kier molecular flexibility index (Phi) is 5.22. The molecule has 1 aromatic carbocycles. The number of carboxylic acids is 1. The second kappa shape index (κ2) is 7.95. The van der Waals surface area contributed by atoms with Crippen molar-refractivity contribution in [1.29, 1.82) is 5.26 Å². The molecule has 0 saturated carbocycles. The van der Waals surface area contributed by atoms with E-state index < -0.39 is 5.97 Å². The quantitative estimate of drug-likeness (QED) is 0.284. The largest absolute Gasteiger partial charge is 0.477 e. The van der Waals surface area contributed by atoms with Crippen LogP contribution in [0.15, 0.2) is 70.9 Å². The average Bonchev–Trinajstić information content (AvgIpc) is 3.47. The molecular weight excluding hydrogens is 406 g/mol. The Labute approximate surface area is 174 Å². The van der Waals surface area contributed by atoms with Gasteiger partial charge in [-0.15, -0.1) is 34.0 Å². The minimum atomic E-state index is -1.22. The second-order valence-corrected chi connectivity index (χ2v) is 8.85. The van der Waals surface area contributed by atoms with Crippen LogP contribution in [0.2, 0.25) is 0 Å². The van der Waals surface area contributed by atoms with Gasteiger partial charge in [-0.1, -0.05) is 36.4 Å². The molecule has 0 aliphatic heterocycles. The van der Waals surface area contributed by atoms with E-state index in [1.165, 1.54) is 25.6 Å². The number of carbonyl (C=O) groups is 1. The predicted molar refractivity (Wildman–Crippen MR) is 118 cm³/mol. The van der Waals surface area contributed by atoms with Gasteiger partial charge in [0.05, 0.1) is 4.88 Å². The molecule has 3 aromatic heterocycles. The fourth-order valence-electron chi connectivity index (χ4n) is 2.80. The monoisotopic (exact) mass is 419 g/mol. The van der Waals surface area contributed by atoms with Gasteiger partial charge in [0.1, 0.15) is 11.6 Å². The molecule has 0 fully saturated rings. The van der Waals surface area contributed by atoms with E-state index in [1.54, 1.807) is 40.1 Å². The molecular formula is C22H13NO2S3. The minimum Gasteiger partial charge on any atom is -0.477 e. The SMILES string of the molecule is N#C/C(=C/c1ccc(-c2cc(-c3cccs3)sc2-c2cccs2)cc1)C(=O)O. The van der Waals surface area contributed by atoms with E-state index in [2.05, 4.69) is 41.1 Å². The van der Waals surface area contributed by atoms with Crippen LogP contribution in [-0.4, -0.2) is 11.1 Å². The molecule has 136 valence electrons. The molecule has 4 rings (SSSR count). The number of aliphatic carboxylic acids is 1. The predicted octanol–water partition coefficient (Wildman–Crippen LogP) is 6.86. The van der Waals surface area contributed by atoms with Gasteiger partial charge >= 0.3 is 5.97 Å². The number of carboxylic acid groups (broad SMARTS) is 1. The Morgan fingerprint density at radius 1 is 0.964 bits per heavy atom. The summed E-state index contributed by atoms with van der Waals surface area (Å²) in [6.07, 6.45) is 1.39. The number of benzene rings is 1. The molecule has 3 heterocycles. The van der Waals surface area contributed by atoms with Crippen LogP contribution >= 0.6 is 34.0 Å². The van der Waals surface area contributed by atoms with Crippen molar-refractivity contribution in [3.63, 3.8) is 0 Å². The maximum Gasteiger partial charge on any atom is 0.346 e. The molecule has 0 spiro atoms. The first-order valence-electron chi connectivity index (χ1n) is 8.33. The molecule has 0 bridgehead atoms. The summed E-state index contributed by atoms with van der Waals surface area (Å²) in [6, 6.07) is 19.9. The van der Waals surface area contributed by atoms with Crippen LogP contribution in [-0.2, 0) is 4.79 Å². The van der Waals surface area contributed by atoms with Gasteiger partial charge in [-0.2, -0.15) is 5.26 Å². The molecule has 0 amide bonds. The van der Waals surface area contributed by atoms with E-state index in [-0.39, 0.29) is 5.57 Å². The molecule has 0 radical (unpaired) electrons. The van der Waals surface area contributed by atoms with Crippen molar-refractivity contribution < 1.29 is 9.90 Å². The molecule has 1 N–H and O–H groups in total. The van der Waals surface area contributed by atoms with Crippen molar-refractivity contribution in [2.45, 2.75) is 0 Å². The third-order valence-corrected chi connectivity index (χ3v) is 7.38. The van der Waals surface area contributed by atoms with Crippen LogP contribution in [0.1, 0.15) is 5.56 Å². The van der Waals surface area contributed by atoms with Crippen LogP contribution in [0.25, 0.3) is 36.7 Å². The molecule has 3 nitrogen and oxygen atoms in total. The van der Waals surface area contributed by atoms with Crippen molar-refractivity contribution >= 4 is 46.1 Å². The third kappa shape index (κ3) is 3.69. The smallest absolute Gasteiger partial charge is 0.346 e. The first kappa shape index (κ1) is 18.4. The van der Waals surface area contributed by atoms with Gasteiger partial charge < -0.3 is 5.11 Å². The lowest BCUT2D eigenvalue weighted by atomic mass is 10.0. The zero-order chi connectivity index (χ0) is 19.5. The Balaban J connectivity index is 1.76. The zero-order valence-corrected chi connectivity index (χ0v) is 16.9. The molecule has 0 aliphatic carbocycles. The lowest BCUT2D eigenvalue weighted by Crippen LogP contribution is -1.97. The van der Waals surface area contributed by atoms with Crippen molar-refractivity contribution in [3.05, 3.63) is 76.5 Å². The van der Waals surface area contributed by atoms with Crippen molar-refractivity contribution in [2.75, 3.05) is 0 Å². The summed E-state index contributed by atoms with van der Waals surface area (Å²) in [4.78, 5) is 16.0. The van der Waals surface area contributed by atoms with Gasteiger partial charge in [-0.25, -0.2) is 4.79 Å². The molecule has 28 heavy (non-hydrogen) atoms. The molecule has 0 atom stereocenters. The highest BCUT2D eigenvalue weighted by Gasteiger charge is 2.15. The Morgan fingerprint density at radius 2 is 1.64 bits per heavy atom. The molecule has 6 heteroatoms. The molecule has 0 aliphatic rings. The average molecular weight is 420 g/mol. The summed E-state index contributed by atoms with van der Waals surface area (Å²) in [5.41, 5.74) is 2.63. The first-order valence-corrected chi connectivity index (χ1v) is 10.9. The van der Waals surface area contributed by atoms with E-state index in [4.69, 9.17) is 10.4 Å². The number of nitrogens with zero attached hydrogens (tertiary/aromatic N) is 1. The van der Waals surface area contributed by atoms with Crippen LogP contribution < -0.4 is 0 Å². The van der Waals surface area contributed by atoms with E-state index in [0.29, 0.717) is 5.56 Å². The zero-order valence-electron chi connectivity index (χ0n) is 14.5. The van der Waals surface area contributed by atoms with Gasteiger partial charge in [-0.05, 0) is 46.2 Å². The van der Waals surface area contributed by atoms with Crippen LogP contribution in [0, 0.1) is 11.3 Å². The maximum absolute atomic E-state index is 11.0. The van der Waals surface area contributed by atoms with E-state index in [1.807, 2.05) is 24.3 Å². The Hall–Kier alpha value is -2.98. The van der Waals surface area contributed by atoms with Crippen molar-refractivity contribution in [3.8, 4) is 36.7 Å². The standard InChI is InChI=1S/C22H13NO2S3/c23-13-16(22(24)25)11-14-5-7-15(8-6-14)17-12-20(18-3-1-9-26-18)28-21(17)19-4-2-10-27-19/h1-12H,(H,24,25)/b16-11-. The summed E-state index contributed by atoms with van der Waals surface area (Å²) in [7, 11) is 0. The number of hydrogen-bond acceptors (Lipinski definition) is 5. The second-order valence-electron chi connectivity index (χ2n) is 5.91. The van der Waals surface area contributed by atoms with Crippen LogP contribution in [0.4, 0.5) is 0 Å². The highest BCUT2D eigenvalue weighted by atomic mass is 32.1. The van der Waals surface area contributed by atoms with E-state index >= 15 is 0 Å². The number of hydrogen-bond donors (Lipinski definition) is 1. The summed E-state index contributed by atoms with van der Waals surface area (Å²) in [5, 5.41) is 22.1. The molecule has 4 aromatic rings. The van der Waals surface area contributed by atoms with E-state index in [0.717, 1.165) is 11.1 Å². The number of thiophene rings is 3. The van der Waals surface area contributed by atoms with Gasteiger partial charge in [0.2, 0.25) is 0 Å². The molecule has 0 saturated heterocycles. The molecule has 0 unspecified atom stereocenters. The Morgan fingerprint density at radius 3 is 2.21 bits per heavy atom. The van der Waals surface area contributed by atoms with Gasteiger partial charge in [0.15, 0.2) is 0 Å². The maximum atomic E-state index is 11.0. The van der Waals surface area contributed by atoms with Crippen LogP contribution in [0.5, 0.6) is 0 Å². The fourth-order valence-corrected chi connectivity index (χ4v) is 5.68. The highest BCUT2D eigenvalue weighted by molar-refractivity contribution is 7.26. The topological polar surface area (TPSA) is 61.1 Å².